The zero-order valence-electron chi connectivity index (χ0n) is 15.0. The first-order chi connectivity index (χ1) is 12.5. The van der Waals surface area contributed by atoms with Crippen LogP contribution >= 0.6 is 11.8 Å². The molecule has 7 nitrogen and oxygen atoms in total. The topological polar surface area (TPSA) is 85.2 Å². The van der Waals surface area contributed by atoms with Crippen LogP contribution in [0.2, 0.25) is 0 Å². The highest BCUT2D eigenvalue weighted by atomic mass is 32.2. The second kappa shape index (κ2) is 7.92. The molecule has 2 aromatic rings. The molecule has 2 N–H and O–H groups in total. The van der Waals surface area contributed by atoms with E-state index in [1.165, 1.54) is 0 Å². The number of carbonyl (C=O) groups excluding carboxylic acids is 2. The quantitative estimate of drug-likeness (QED) is 0.782. The Morgan fingerprint density at radius 1 is 1.31 bits per heavy atom. The number of fused-ring (bicyclic) bond motifs is 1. The van der Waals surface area contributed by atoms with Gasteiger partial charge < -0.3 is 15.4 Å². The number of amides is 2. The summed E-state index contributed by atoms with van der Waals surface area (Å²) in [4.78, 5) is 24.6. The van der Waals surface area contributed by atoms with Crippen LogP contribution in [0.4, 0.5) is 5.82 Å². The summed E-state index contributed by atoms with van der Waals surface area (Å²) in [6.07, 6.45) is 0. The minimum Gasteiger partial charge on any atom is -0.383 e. The third-order valence-corrected chi connectivity index (χ3v) is 5.10. The predicted molar refractivity (Wildman–Crippen MR) is 101 cm³/mol. The molecule has 8 heteroatoms. The van der Waals surface area contributed by atoms with Crippen molar-refractivity contribution in [2.24, 2.45) is 0 Å². The van der Waals surface area contributed by atoms with Gasteiger partial charge in [-0.05, 0) is 25.5 Å². The number of benzene rings is 1. The van der Waals surface area contributed by atoms with E-state index in [4.69, 9.17) is 4.74 Å². The van der Waals surface area contributed by atoms with Crippen LogP contribution in [-0.2, 0) is 25.8 Å². The van der Waals surface area contributed by atoms with Crippen LogP contribution in [0.3, 0.4) is 0 Å². The van der Waals surface area contributed by atoms with Gasteiger partial charge in [-0.25, -0.2) is 4.68 Å². The van der Waals surface area contributed by atoms with Crippen molar-refractivity contribution >= 4 is 29.4 Å². The SMILES string of the molecule is COC[C@H](C)NC(=O)C(=O)Nc1c2c(nn1-c1ccccc1C)CSC2. The fourth-order valence-corrected chi connectivity index (χ4v) is 3.90. The Kier molecular flexibility index (Phi) is 5.63. The van der Waals surface area contributed by atoms with Crippen molar-refractivity contribution in [2.45, 2.75) is 31.4 Å². The van der Waals surface area contributed by atoms with Gasteiger partial charge >= 0.3 is 11.8 Å². The lowest BCUT2D eigenvalue weighted by molar-refractivity contribution is -0.136. The molecule has 26 heavy (non-hydrogen) atoms. The molecule has 0 spiro atoms. The molecule has 1 aliphatic rings. The first-order valence-corrected chi connectivity index (χ1v) is 9.52. The number of nitrogens with one attached hydrogen (secondary N) is 2. The number of para-hydroxylation sites is 1. The third kappa shape index (κ3) is 3.76. The van der Waals surface area contributed by atoms with Crippen LogP contribution in [-0.4, -0.2) is 41.4 Å². The van der Waals surface area contributed by atoms with E-state index in [0.29, 0.717) is 12.4 Å². The molecule has 0 unspecified atom stereocenters. The Hall–Kier alpha value is -2.32. The number of methoxy groups -OCH3 is 1. The normalized spacial score (nSPS) is 14.0. The van der Waals surface area contributed by atoms with Gasteiger partial charge in [-0.1, -0.05) is 18.2 Å². The van der Waals surface area contributed by atoms with Crippen LogP contribution in [0.5, 0.6) is 0 Å². The molecule has 1 atom stereocenters. The number of aryl methyl sites for hydroxylation is 1. The Bertz CT molecular complexity index is 834. The number of nitrogens with zero attached hydrogens (tertiary/aromatic N) is 2. The van der Waals surface area contributed by atoms with Gasteiger partial charge in [0.25, 0.3) is 0 Å². The number of thioether (sulfide) groups is 1. The number of hydrogen-bond donors (Lipinski definition) is 2. The third-order valence-electron chi connectivity index (χ3n) is 4.13. The van der Waals surface area contributed by atoms with Crippen LogP contribution in [0.1, 0.15) is 23.7 Å². The van der Waals surface area contributed by atoms with Gasteiger partial charge in [0, 0.05) is 30.2 Å². The zero-order chi connectivity index (χ0) is 18.7. The van der Waals surface area contributed by atoms with Crippen molar-refractivity contribution in [2.75, 3.05) is 19.0 Å². The van der Waals surface area contributed by atoms with Crippen molar-refractivity contribution in [3.63, 3.8) is 0 Å². The van der Waals surface area contributed by atoms with Crippen molar-refractivity contribution in [1.82, 2.24) is 15.1 Å². The summed E-state index contributed by atoms with van der Waals surface area (Å²) >= 11 is 1.74. The summed E-state index contributed by atoms with van der Waals surface area (Å²) in [5.41, 5.74) is 3.84. The lowest BCUT2D eigenvalue weighted by atomic mass is 10.2. The minimum atomic E-state index is -0.706. The highest BCUT2D eigenvalue weighted by Gasteiger charge is 2.27. The lowest BCUT2D eigenvalue weighted by Crippen LogP contribution is -2.42. The summed E-state index contributed by atoms with van der Waals surface area (Å²) in [6, 6.07) is 7.56. The number of rotatable bonds is 5. The van der Waals surface area contributed by atoms with Crippen LogP contribution in [0, 0.1) is 6.92 Å². The Morgan fingerprint density at radius 3 is 2.81 bits per heavy atom. The summed E-state index contributed by atoms with van der Waals surface area (Å²) < 4.78 is 6.70. The summed E-state index contributed by atoms with van der Waals surface area (Å²) in [7, 11) is 1.55. The molecule has 0 saturated heterocycles. The van der Waals surface area contributed by atoms with Crippen LogP contribution < -0.4 is 10.6 Å². The van der Waals surface area contributed by atoms with Gasteiger partial charge in [0.1, 0.15) is 5.82 Å². The summed E-state index contributed by atoms with van der Waals surface area (Å²) in [6.45, 7) is 4.11. The number of anilines is 1. The summed E-state index contributed by atoms with van der Waals surface area (Å²) in [5.74, 6) is 0.736. The van der Waals surface area contributed by atoms with Gasteiger partial charge in [0.2, 0.25) is 0 Å². The van der Waals surface area contributed by atoms with Crippen LogP contribution in [0.15, 0.2) is 24.3 Å². The molecule has 3 rings (SSSR count). The first-order valence-electron chi connectivity index (χ1n) is 8.36. The van der Waals surface area contributed by atoms with Crippen molar-refractivity contribution in [1.29, 1.82) is 0 Å². The molecule has 1 aromatic carbocycles. The van der Waals surface area contributed by atoms with Crippen molar-refractivity contribution < 1.29 is 14.3 Å². The van der Waals surface area contributed by atoms with E-state index in [1.54, 1.807) is 30.5 Å². The average Bonchev–Trinajstić information content (AvgIpc) is 3.18. The van der Waals surface area contributed by atoms with Crippen LogP contribution in [0.25, 0.3) is 5.69 Å². The van der Waals surface area contributed by atoms with Gasteiger partial charge in [0.05, 0.1) is 18.0 Å². The Labute approximate surface area is 156 Å². The molecular formula is C18H22N4O3S. The zero-order valence-corrected chi connectivity index (χ0v) is 15.9. The van der Waals surface area contributed by atoms with Crippen molar-refractivity contribution in [3.05, 3.63) is 41.1 Å². The maximum absolute atomic E-state index is 12.4. The molecule has 0 radical (unpaired) electrons. The smallest absolute Gasteiger partial charge is 0.314 e. The lowest BCUT2D eigenvalue weighted by Gasteiger charge is -2.14. The van der Waals surface area contributed by atoms with E-state index >= 15 is 0 Å². The molecule has 0 bridgehead atoms. The van der Waals surface area contributed by atoms with Crippen molar-refractivity contribution in [3.8, 4) is 5.69 Å². The summed E-state index contributed by atoms with van der Waals surface area (Å²) in [5, 5.41) is 10.0. The highest BCUT2D eigenvalue weighted by molar-refractivity contribution is 7.98. The maximum Gasteiger partial charge on any atom is 0.314 e. The largest absolute Gasteiger partial charge is 0.383 e. The van der Waals surface area contributed by atoms with Gasteiger partial charge in [0.15, 0.2) is 0 Å². The Morgan fingerprint density at radius 2 is 2.08 bits per heavy atom. The van der Waals surface area contributed by atoms with E-state index < -0.39 is 11.8 Å². The molecule has 1 aromatic heterocycles. The van der Waals surface area contributed by atoms with E-state index in [-0.39, 0.29) is 6.04 Å². The monoisotopic (exact) mass is 374 g/mol. The Balaban J connectivity index is 1.87. The molecule has 0 aliphatic carbocycles. The maximum atomic E-state index is 12.4. The number of aromatic nitrogens is 2. The molecular weight excluding hydrogens is 352 g/mol. The fraction of sp³-hybridized carbons (Fsp3) is 0.389. The minimum absolute atomic E-state index is 0.249. The van der Waals surface area contributed by atoms with E-state index in [2.05, 4.69) is 15.7 Å². The van der Waals surface area contributed by atoms with Gasteiger partial charge in [-0.3, -0.25) is 9.59 Å². The van der Waals surface area contributed by atoms with E-state index in [1.807, 2.05) is 31.2 Å². The number of ether oxygens (including phenoxy) is 1. The first kappa shape index (κ1) is 18.5. The van der Waals surface area contributed by atoms with Gasteiger partial charge in [-0.15, -0.1) is 0 Å². The molecule has 2 heterocycles. The fourth-order valence-electron chi connectivity index (χ4n) is 2.86. The molecule has 2 amide bonds. The van der Waals surface area contributed by atoms with E-state index in [9.17, 15) is 9.59 Å². The van der Waals surface area contributed by atoms with Gasteiger partial charge in [-0.2, -0.15) is 16.9 Å². The second-order valence-corrected chi connectivity index (χ2v) is 7.23. The highest BCUT2D eigenvalue weighted by Crippen LogP contribution is 2.36. The molecule has 138 valence electrons. The molecule has 1 aliphatic heterocycles. The second-order valence-electron chi connectivity index (χ2n) is 6.25. The standard InChI is InChI=1S/C18H22N4O3S/c1-11-6-4-5-7-15(11)22-16(13-9-26-10-14(13)21-22)20-18(24)17(23)19-12(2)8-25-3/h4-7,12H,8-10H2,1-3H3,(H,19,23)(H,20,24)/t12-/m0/s1. The predicted octanol–water partition coefficient (Wildman–Crippen LogP) is 2.02. The molecule has 0 saturated carbocycles. The molecule has 0 fully saturated rings. The average molecular weight is 374 g/mol. The number of carbonyl (C=O) groups is 2. The van der Waals surface area contributed by atoms with E-state index in [0.717, 1.165) is 34.0 Å². The number of hydrogen-bond acceptors (Lipinski definition) is 5.